The zero-order valence-electron chi connectivity index (χ0n) is 10.4. The van der Waals surface area contributed by atoms with Crippen molar-refractivity contribution in [2.24, 2.45) is 0 Å². The number of carbonyl (C=O) groups excluding carboxylic acids is 1. The molecule has 1 aliphatic heterocycles. The number of carbonyl (C=O) groups is 1. The number of rotatable bonds is 5. The van der Waals surface area contributed by atoms with E-state index in [1.54, 1.807) is 0 Å². The number of benzene rings is 1. The Kier molecular flexibility index (Phi) is 4.68. The van der Waals surface area contributed by atoms with Gasteiger partial charge in [-0.2, -0.15) is 8.78 Å². The number of halogens is 2. The van der Waals surface area contributed by atoms with Crippen LogP contribution in [0.25, 0.3) is 0 Å². The van der Waals surface area contributed by atoms with Gasteiger partial charge in [-0.15, -0.1) is 0 Å². The number of hydrogen-bond donors (Lipinski definition) is 2. The van der Waals surface area contributed by atoms with Crippen LogP contribution in [0.3, 0.4) is 0 Å². The van der Waals surface area contributed by atoms with Crippen molar-refractivity contribution in [3.63, 3.8) is 0 Å². The van der Waals surface area contributed by atoms with Gasteiger partial charge in [0, 0.05) is 18.2 Å². The van der Waals surface area contributed by atoms with Crippen LogP contribution in [0, 0.1) is 0 Å². The molecular formula is C13H16F2N2O2. The Balaban J connectivity index is 1.82. The van der Waals surface area contributed by atoms with Crippen molar-refractivity contribution in [1.82, 2.24) is 5.32 Å². The van der Waals surface area contributed by atoms with Gasteiger partial charge in [0.05, 0.1) is 0 Å². The number of nitrogens with one attached hydrogen (secondary N) is 2. The second kappa shape index (κ2) is 6.47. The SMILES string of the molecule is O=C(CC1CCCN1)Nc1ccc(OC(F)F)cc1. The maximum atomic E-state index is 12.0. The van der Waals surface area contributed by atoms with Crippen molar-refractivity contribution in [1.29, 1.82) is 0 Å². The largest absolute Gasteiger partial charge is 0.435 e. The molecule has 1 heterocycles. The van der Waals surface area contributed by atoms with Gasteiger partial charge in [-0.3, -0.25) is 4.79 Å². The highest BCUT2D eigenvalue weighted by molar-refractivity contribution is 5.91. The van der Waals surface area contributed by atoms with Crippen LogP contribution in [0.2, 0.25) is 0 Å². The van der Waals surface area contributed by atoms with Crippen molar-refractivity contribution >= 4 is 11.6 Å². The molecule has 0 radical (unpaired) electrons. The van der Waals surface area contributed by atoms with Crippen molar-refractivity contribution in [2.75, 3.05) is 11.9 Å². The van der Waals surface area contributed by atoms with Gasteiger partial charge in [0.2, 0.25) is 5.91 Å². The van der Waals surface area contributed by atoms with E-state index in [9.17, 15) is 13.6 Å². The summed E-state index contributed by atoms with van der Waals surface area (Å²) in [6.07, 6.45) is 2.53. The molecule has 2 rings (SSSR count). The van der Waals surface area contributed by atoms with Gasteiger partial charge in [0.1, 0.15) is 5.75 Å². The second-order valence-electron chi connectivity index (χ2n) is 4.45. The molecule has 0 aromatic heterocycles. The van der Waals surface area contributed by atoms with E-state index in [2.05, 4.69) is 15.4 Å². The van der Waals surface area contributed by atoms with E-state index in [0.717, 1.165) is 19.4 Å². The van der Waals surface area contributed by atoms with Crippen molar-refractivity contribution in [3.05, 3.63) is 24.3 Å². The third-order valence-electron chi connectivity index (χ3n) is 2.96. The number of anilines is 1. The van der Waals surface area contributed by atoms with Crippen LogP contribution in [-0.2, 0) is 4.79 Å². The Morgan fingerprint density at radius 1 is 1.42 bits per heavy atom. The molecule has 104 valence electrons. The van der Waals surface area contributed by atoms with E-state index in [-0.39, 0.29) is 17.7 Å². The predicted octanol–water partition coefficient (Wildman–Crippen LogP) is 2.37. The minimum absolute atomic E-state index is 0.0745. The first-order valence-electron chi connectivity index (χ1n) is 6.21. The van der Waals surface area contributed by atoms with Crippen LogP contribution in [0.1, 0.15) is 19.3 Å². The highest BCUT2D eigenvalue weighted by atomic mass is 19.3. The van der Waals surface area contributed by atoms with Gasteiger partial charge in [0.25, 0.3) is 0 Å². The molecule has 0 aliphatic carbocycles. The highest BCUT2D eigenvalue weighted by Crippen LogP contribution is 2.18. The van der Waals surface area contributed by atoms with Gasteiger partial charge in [-0.05, 0) is 43.7 Å². The molecule has 1 fully saturated rings. The van der Waals surface area contributed by atoms with Crippen LogP contribution in [0.5, 0.6) is 5.75 Å². The molecule has 1 aromatic rings. The van der Waals surface area contributed by atoms with E-state index in [1.807, 2.05) is 0 Å². The topological polar surface area (TPSA) is 50.4 Å². The molecule has 0 saturated carbocycles. The molecule has 0 bridgehead atoms. The quantitative estimate of drug-likeness (QED) is 0.863. The molecule has 1 saturated heterocycles. The summed E-state index contributed by atoms with van der Waals surface area (Å²) in [6.45, 7) is -1.88. The molecule has 1 unspecified atom stereocenters. The van der Waals surface area contributed by atoms with Crippen LogP contribution in [0.4, 0.5) is 14.5 Å². The van der Waals surface area contributed by atoms with Crippen LogP contribution < -0.4 is 15.4 Å². The van der Waals surface area contributed by atoms with E-state index in [1.165, 1.54) is 24.3 Å². The normalized spacial score (nSPS) is 18.6. The standard InChI is InChI=1S/C13H16F2N2O2/c14-13(15)19-11-5-3-9(4-6-11)17-12(18)8-10-2-1-7-16-10/h3-6,10,13,16H,1-2,7-8H2,(H,17,18). The Morgan fingerprint density at radius 2 is 2.16 bits per heavy atom. The fraction of sp³-hybridized carbons (Fsp3) is 0.462. The first kappa shape index (κ1) is 13.7. The Morgan fingerprint density at radius 3 is 2.74 bits per heavy atom. The van der Waals surface area contributed by atoms with E-state index >= 15 is 0 Å². The van der Waals surface area contributed by atoms with E-state index < -0.39 is 6.61 Å². The average Bonchev–Trinajstić information content (AvgIpc) is 2.83. The van der Waals surface area contributed by atoms with E-state index in [4.69, 9.17) is 0 Å². The molecule has 0 spiro atoms. The molecule has 1 aliphatic rings. The summed E-state index contributed by atoms with van der Waals surface area (Å²) in [5.41, 5.74) is 0.574. The molecule has 1 atom stereocenters. The zero-order chi connectivity index (χ0) is 13.7. The molecule has 6 heteroatoms. The minimum Gasteiger partial charge on any atom is -0.435 e. The second-order valence-corrected chi connectivity index (χ2v) is 4.45. The number of alkyl halides is 2. The van der Waals surface area contributed by atoms with Gasteiger partial charge < -0.3 is 15.4 Å². The number of amides is 1. The summed E-state index contributed by atoms with van der Waals surface area (Å²) in [6, 6.07) is 6.11. The van der Waals surface area contributed by atoms with Crippen LogP contribution in [-0.4, -0.2) is 25.1 Å². The van der Waals surface area contributed by atoms with E-state index in [0.29, 0.717) is 12.1 Å². The fourth-order valence-electron chi connectivity index (χ4n) is 2.09. The Bertz CT molecular complexity index is 417. The Labute approximate surface area is 110 Å². The third-order valence-corrected chi connectivity index (χ3v) is 2.96. The monoisotopic (exact) mass is 270 g/mol. The number of ether oxygens (including phenoxy) is 1. The van der Waals surface area contributed by atoms with Gasteiger partial charge in [-0.25, -0.2) is 0 Å². The number of hydrogen-bond acceptors (Lipinski definition) is 3. The minimum atomic E-state index is -2.84. The Hall–Kier alpha value is -1.69. The predicted molar refractivity (Wildman–Crippen MR) is 67.3 cm³/mol. The lowest BCUT2D eigenvalue weighted by atomic mass is 10.1. The maximum Gasteiger partial charge on any atom is 0.387 e. The first-order valence-corrected chi connectivity index (χ1v) is 6.21. The van der Waals surface area contributed by atoms with Gasteiger partial charge in [0.15, 0.2) is 0 Å². The lowest BCUT2D eigenvalue weighted by Crippen LogP contribution is -2.27. The lowest BCUT2D eigenvalue weighted by molar-refractivity contribution is -0.116. The van der Waals surface area contributed by atoms with Crippen LogP contribution >= 0.6 is 0 Å². The van der Waals surface area contributed by atoms with Crippen molar-refractivity contribution in [2.45, 2.75) is 31.9 Å². The molecule has 19 heavy (non-hydrogen) atoms. The lowest BCUT2D eigenvalue weighted by Gasteiger charge is -2.11. The van der Waals surface area contributed by atoms with Crippen molar-refractivity contribution in [3.8, 4) is 5.75 Å². The van der Waals surface area contributed by atoms with Crippen LogP contribution in [0.15, 0.2) is 24.3 Å². The smallest absolute Gasteiger partial charge is 0.387 e. The van der Waals surface area contributed by atoms with Gasteiger partial charge >= 0.3 is 6.61 Å². The maximum absolute atomic E-state index is 12.0. The first-order chi connectivity index (χ1) is 9.13. The molecule has 2 N–H and O–H groups in total. The van der Waals surface area contributed by atoms with Crippen molar-refractivity contribution < 1.29 is 18.3 Å². The third kappa shape index (κ3) is 4.48. The molecule has 1 aromatic carbocycles. The summed E-state index contributed by atoms with van der Waals surface area (Å²) in [7, 11) is 0. The summed E-state index contributed by atoms with van der Waals surface area (Å²) < 4.78 is 28.1. The van der Waals surface area contributed by atoms with Gasteiger partial charge in [-0.1, -0.05) is 0 Å². The summed E-state index contributed by atoms with van der Waals surface area (Å²) >= 11 is 0. The fourth-order valence-corrected chi connectivity index (χ4v) is 2.09. The average molecular weight is 270 g/mol. The highest BCUT2D eigenvalue weighted by Gasteiger charge is 2.17. The summed E-state index contributed by atoms with van der Waals surface area (Å²) in [5, 5.41) is 5.97. The molecular weight excluding hydrogens is 254 g/mol. The molecule has 4 nitrogen and oxygen atoms in total. The summed E-state index contributed by atoms with van der Waals surface area (Å²) in [4.78, 5) is 11.7. The summed E-state index contributed by atoms with van der Waals surface area (Å²) in [5.74, 6) is -0.00705. The molecule has 1 amide bonds. The zero-order valence-corrected chi connectivity index (χ0v) is 10.4.